The van der Waals surface area contributed by atoms with Crippen molar-refractivity contribution in [1.82, 2.24) is 0 Å². The van der Waals surface area contributed by atoms with Crippen LogP contribution in [0.25, 0.3) is 0 Å². The van der Waals surface area contributed by atoms with Crippen LogP contribution in [0.2, 0.25) is 0 Å². The molecule has 1 fully saturated rings. The first kappa shape index (κ1) is 13.0. The van der Waals surface area contributed by atoms with Crippen LogP contribution in [-0.4, -0.2) is 19.0 Å². The van der Waals surface area contributed by atoms with Crippen LogP contribution in [0.1, 0.15) is 31.2 Å². The highest BCUT2D eigenvalue weighted by atomic mass is 16.1. The van der Waals surface area contributed by atoms with Gasteiger partial charge >= 0.3 is 0 Å². The molecule has 4 heteroatoms. The Morgan fingerprint density at radius 1 is 1.30 bits per heavy atom. The third-order valence-electron chi connectivity index (χ3n) is 4.55. The van der Waals surface area contributed by atoms with E-state index >= 15 is 0 Å². The van der Waals surface area contributed by atoms with Crippen molar-refractivity contribution in [2.45, 2.75) is 38.1 Å². The van der Waals surface area contributed by atoms with Crippen LogP contribution in [0.15, 0.2) is 18.2 Å². The zero-order valence-electron chi connectivity index (χ0n) is 11.7. The Morgan fingerprint density at radius 2 is 2.05 bits per heavy atom. The number of carbonyl (C=O) groups excluding carboxylic acids is 1. The first-order valence-electron chi connectivity index (χ1n) is 7.22. The molecule has 0 bridgehead atoms. The lowest BCUT2D eigenvalue weighted by molar-refractivity contribution is -0.115. The van der Waals surface area contributed by atoms with E-state index < -0.39 is 0 Å². The number of nitrogens with zero attached hydrogens (tertiary/aromatic N) is 2. The molecule has 2 aliphatic rings. The lowest BCUT2D eigenvalue weighted by Crippen LogP contribution is -2.35. The highest BCUT2D eigenvalue weighted by molar-refractivity contribution is 5.99. The normalized spacial score (nSPS) is 24.7. The van der Waals surface area contributed by atoms with E-state index in [1.54, 1.807) is 0 Å². The molecule has 1 aliphatic heterocycles. The van der Waals surface area contributed by atoms with Gasteiger partial charge in [-0.3, -0.25) is 4.79 Å². The van der Waals surface area contributed by atoms with Crippen LogP contribution in [-0.2, 0) is 11.2 Å². The molecule has 1 amide bonds. The van der Waals surface area contributed by atoms with E-state index in [2.05, 4.69) is 35.5 Å². The Hall–Kier alpha value is -2.02. The van der Waals surface area contributed by atoms with Crippen molar-refractivity contribution < 1.29 is 4.79 Å². The van der Waals surface area contributed by atoms with Crippen molar-refractivity contribution in [3.63, 3.8) is 0 Å². The Labute approximate surface area is 119 Å². The van der Waals surface area contributed by atoms with Gasteiger partial charge in [-0.15, -0.1) is 0 Å². The molecule has 0 aromatic heterocycles. The molecule has 0 unspecified atom stereocenters. The molecule has 0 atom stereocenters. The van der Waals surface area contributed by atoms with Crippen LogP contribution < -0.4 is 10.2 Å². The number of rotatable bonds is 2. The van der Waals surface area contributed by atoms with Gasteiger partial charge < -0.3 is 10.2 Å². The van der Waals surface area contributed by atoms with E-state index in [9.17, 15) is 4.79 Å². The van der Waals surface area contributed by atoms with Crippen LogP contribution in [0.5, 0.6) is 0 Å². The fourth-order valence-corrected chi connectivity index (χ4v) is 3.24. The third kappa shape index (κ3) is 2.36. The molecule has 0 radical (unpaired) electrons. The monoisotopic (exact) mass is 269 g/mol. The number of anilines is 2. The van der Waals surface area contributed by atoms with Gasteiger partial charge in [0.05, 0.1) is 12.5 Å². The maximum Gasteiger partial charge on any atom is 0.228 e. The van der Waals surface area contributed by atoms with Crippen molar-refractivity contribution in [3.05, 3.63) is 23.8 Å². The smallest absolute Gasteiger partial charge is 0.228 e. The topological polar surface area (TPSA) is 56.1 Å². The minimum atomic E-state index is 0.0781. The lowest BCUT2D eigenvalue weighted by atomic mass is 9.86. The molecule has 104 valence electrons. The van der Waals surface area contributed by atoms with E-state index in [0.29, 0.717) is 12.5 Å². The van der Waals surface area contributed by atoms with Crippen LogP contribution in [0.4, 0.5) is 11.4 Å². The van der Waals surface area contributed by atoms with Crippen molar-refractivity contribution >= 4 is 17.3 Å². The molecule has 3 rings (SSSR count). The SMILES string of the molecule is CN(c1ccc2c(c1)CC(=O)N2)C1CCC(C#N)CC1. The number of fused-ring (bicyclic) bond motifs is 1. The van der Waals surface area contributed by atoms with Gasteiger partial charge in [-0.05, 0) is 49.4 Å². The van der Waals surface area contributed by atoms with Gasteiger partial charge in [-0.1, -0.05) is 0 Å². The summed E-state index contributed by atoms with van der Waals surface area (Å²) in [6.07, 6.45) is 4.62. The summed E-state index contributed by atoms with van der Waals surface area (Å²) < 4.78 is 0. The molecule has 1 aliphatic carbocycles. The van der Waals surface area contributed by atoms with E-state index in [1.807, 2.05) is 6.07 Å². The van der Waals surface area contributed by atoms with Gasteiger partial charge in [-0.2, -0.15) is 5.26 Å². The Bertz CT molecular complexity index is 568. The number of benzene rings is 1. The number of carbonyl (C=O) groups is 1. The molecule has 1 aromatic carbocycles. The fourth-order valence-electron chi connectivity index (χ4n) is 3.24. The predicted molar refractivity (Wildman–Crippen MR) is 78.5 cm³/mol. The Balaban J connectivity index is 1.72. The molecule has 1 N–H and O–H groups in total. The lowest BCUT2D eigenvalue weighted by Gasteiger charge is -2.34. The molecule has 0 spiro atoms. The maximum atomic E-state index is 11.4. The fraction of sp³-hybridized carbons (Fsp3) is 0.500. The molecule has 1 heterocycles. The van der Waals surface area contributed by atoms with Crippen molar-refractivity contribution in [2.75, 3.05) is 17.3 Å². The van der Waals surface area contributed by atoms with Crippen LogP contribution in [0, 0.1) is 17.2 Å². The highest BCUT2D eigenvalue weighted by Crippen LogP contribution is 2.32. The van der Waals surface area contributed by atoms with E-state index in [4.69, 9.17) is 5.26 Å². The molecular weight excluding hydrogens is 250 g/mol. The Kier molecular flexibility index (Phi) is 3.35. The second-order valence-electron chi connectivity index (χ2n) is 5.81. The summed E-state index contributed by atoms with van der Waals surface area (Å²) in [6, 6.07) is 9.06. The Morgan fingerprint density at radius 3 is 2.75 bits per heavy atom. The zero-order valence-corrected chi connectivity index (χ0v) is 11.7. The van der Waals surface area contributed by atoms with Gasteiger partial charge in [0.1, 0.15) is 0 Å². The van der Waals surface area contributed by atoms with Crippen molar-refractivity contribution in [3.8, 4) is 6.07 Å². The molecular formula is C16H19N3O. The number of nitriles is 1. The second-order valence-corrected chi connectivity index (χ2v) is 5.81. The number of amides is 1. The zero-order chi connectivity index (χ0) is 14.1. The van der Waals surface area contributed by atoms with E-state index in [0.717, 1.165) is 36.9 Å². The van der Waals surface area contributed by atoms with Gasteiger partial charge in [-0.25, -0.2) is 0 Å². The standard InChI is InChI=1S/C16H19N3O/c1-19(13-4-2-11(10-17)3-5-13)14-6-7-15-12(8-14)9-16(20)18-15/h6-8,11,13H,2-5,9H2,1H3,(H,18,20). The average Bonchev–Trinajstić information content (AvgIpc) is 2.85. The van der Waals surface area contributed by atoms with Crippen LogP contribution in [0.3, 0.4) is 0 Å². The summed E-state index contributed by atoms with van der Waals surface area (Å²) in [5.41, 5.74) is 3.20. The number of nitrogens with one attached hydrogen (secondary N) is 1. The first-order chi connectivity index (χ1) is 9.67. The largest absolute Gasteiger partial charge is 0.372 e. The first-order valence-corrected chi connectivity index (χ1v) is 7.22. The molecule has 1 aromatic rings. The molecule has 4 nitrogen and oxygen atoms in total. The summed E-state index contributed by atoms with van der Waals surface area (Å²) in [7, 11) is 2.11. The summed E-state index contributed by atoms with van der Waals surface area (Å²) in [5, 5.41) is 11.8. The summed E-state index contributed by atoms with van der Waals surface area (Å²) in [6.45, 7) is 0. The molecule has 0 saturated heterocycles. The van der Waals surface area contributed by atoms with Crippen LogP contribution >= 0.6 is 0 Å². The predicted octanol–water partition coefficient (Wildman–Crippen LogP) is 2.70. The molecule has 1 saturated carbocycles. The van der Waals surface area contributed by atoms with Gasteiger partial charge in [0, 0.05) is 30.4 Å². The third-order valence-corrected chi connectivity index (χ3v) is 4.55. The quantitative estimate of drug-likeness (QED) is 0.898. The van der Waals surface area contributed by atoms with Crippen molar-refractivity contribution in [2.24, 2.45) is 5.92 Å². The van der Waals surface area contributed by atoms with Gasteiger partial charge in [0.15, 0.2) is 0 Å². The number of hydrogen-bond donors (Lipinski definition) is 1. The van der Waals surface area contributed by atoms with E-state index in [1.165, 1.54) is 5.69 Å². The highest BCUT2D eigenvalue weighted by Gasteiger charge is 2.25. The van der Waals surface area contributed by atoms with Gasteiger partial charge in [0.25, 0.3) is 0 Å². The average molecular weight is 269 g/mol. The summed E-state index contributed by atoms with van der Waals surface area (Å²) >= 11 is 0. The second kappa shape index (κ2) is 5.16. The van der Waals surface area contributed by atoms with Crippen molar-refractivity contribution in [1.29, 1.82) is 5.26 Å². The minimum Gasteiger partial charge on any atom is -0.372 e. The maximum absolute atomic E-state index is 11.4. The minimum absolute atomic E-state index is 0.0781. The summed E-state index contributed by atoms with van der Waals surface area (Å²) in [4.78, 5) is 13.7. The molecule has 20 heavy (non-hydrogen) atoms. The van der Waals surface area contributed by atoms with E-state index in [-0.39, 0.29) is 11.8 Å². The number of hydrogen-bond acceptors (Lipinski definition) is 3. The summed E-state index contributed by atoms with van der Waals surface area (Å²) in [5.74, 6) is 0.316. The van der Waals surface area contributed by atoms with Gasteiger partial charge in [0.2, 0.25) is 5.91 Å².